The van der Waals surface area contributed by atoms with E-state index in [1.807, 2.05) is 4.90 Å². The van der Waals surface area contributed by atoms with E-state index in [1.54, 1.807) is 0 Å². The first-order chi connectivity index (χ1) is 13.7. The zero-order valence-electron chi connectivity index (χ0n) is 16.7. The van der Waals surface area contributed by atoms with Gasteiger partial charge in [-0.3, -0.25) is 14.5 Å². The number of hydrogen-bond donors (Lipinski definition) is 1. The lowest BCUT2D eigenvalue weighted by Gasteiger charge is -2.38. The van der Waals surface area contributed by atoms with Gasteiger partial charge in [0.05, 0.1) is 13.1 Å². The van der Waals surface area contributed by atoms with Gasteiger partial charge in [-0.05, 0) is 43.7 Å². The lowest BCUT2D eigenvalue weighted by molar-refractivity contribution is -0.137. The van der Waals surface area contributed by atoms with Gasteiger partial charge >= 0.3 is 0 Å². The number of aryl methyl sites for hydroxylation is 1. The largest absolute Gasteiger partial charge is 0.354 e. The Balaban J connectivity index is 1.29. The molecule has 4 saturated heterocycles. The number of rotatable bonds is 6. The Hall–Kier alpha value is -1.92. The van der Waals surface area contributed by atoms with Gasteiger partial charge in [-0.25, -0.2) is 0 Å². The van der Waals surface area contributed by atoms with Crippen LogP contribution in [0, 0.1) is 5.92 Å². The van der Waals surface area contributed by atoms with E-state index < -0.39 is 0 Å². The molecule has 0 unspecified atom stereocenters. The van der Waals surface area contributed by atoms with E-state index in [2.05, 4.69) is 45.4 Å². The van der Waals surface area contributed by atoms with E-state index in [-0.39, 0.29) is 11.8 Å². The highest BCUT2D eigenvalue weighted by Crippen LogP contribution is 2.28. The Labute approximate surface area is 167 Å². The summed E-state index contributed by atoms with van der Waals surface area (Å²) in [5.74, 6) is 0.820. The molecule has 0 aliphatic carbocycles. The van der Waals surface area contributed by atoms with Crippen molar-refractivity contribution in [1.82, 2.24) is 20.0 Å². The molecule has 1 aromatic rings. The van der Waals surface area contributed by atoms with Gasteiger partial charge in [0, 0.05) is 38.8 Å². The zero-order valence-corrected chi connectivity index (χ0v) is 16.7. The van der Waals surface area contributed by atoms with Crippen molar-refractivity contribution in [2.75, 3.05) is 52.4 Å². The molecule has 2 bridgehead atoms. The van der Waals surface area contributed by atoms with Gasteiger partial charge < -0.3 is 15.1 Å². The van der Waals surface area contributed by atoms with Crippen LogP contribution in [-0.4, -0.2) is 84.9 Å². The summed E-state index contributed by atoms with van der Waals surface area (Å²) in [5.41, 5.74) is 1.41. The molecule has 6 nitrogen and oxygen atoms in total. The minimum absolute atomic E-state index is 0.0287. The summed E-state index contributed by atoms with van der Waals surface area (Å²) in [6.45, 7) is 6.25. The van der Waals surface area contributed by atoms with Crippen molar-refractivity contribution in [1.29, 1.82) is 0 Å². The molecule has 1 N–H and O–H groups in total. The van der Waals surface area contributed by atoms with Crippen molar-refractivity contribution in [2.45, 2.75) is 31.7 Å². The third kappa shape index (κ3) is 4.92. The number of hydrogen-bond acceptors (Lipinski definition) is 4. The van der Waals surface area contributed by atoms with Crippen LogP contribution in [0.3, 0.4) is 0 Å². The molecule has 2 amide bonds. The quantitative estimate of drug-likeness (QED) is 0.794. The van der Waals surface area contributed by atoms with E-state index >= 15 is 0 Å². The number of benzene rings is 1. The molecule has 4 heterocycles. The number of piperidine rings is 1. The number of nitrogens with one attached hydrogen (secondary N) is 1. The van der Waals surface area contributed by atoms with E-state index in [4.69, 9.17) is 0 Å². The standard InChI is InChI=1S/C22H32N4O2/c27-21-16-25(12-10-23-21)17-22(28)26-14-19-8-9-20(26)15-24(13-19)11-4-7-18-5-2-1-3-6-18/h1-3,5-6,19-20H,4,7-17H2,(H,23,27)/t19-,20+/m0/s1. The predicted molar refractivity (Wildman–Crippen MR) is 109 cm³/mol. The van der Waals surface area contributed by atoms with Crippen LogP contribution < -0.4 is 5.32 Å². The average molecular weight is 385 g/mol. The van der Waals surface area contributed by atoms with E-state index in [0.717, 1.165) is 45.6 Å². The number of amides is 2. The molecule has 0 saturated carbocycles. The fraction of sp³-hybridized carbons (Fsp3) is 0.636. The molecule has 5 rings (SSSR count). The van der Waals surface area contributed by atoms with Gasteiger partial charge in [0.1, 0.15) is 0 Å². The van der Waals surface area contributed by atoms with Crippen molar-refractivity contribution in [3.8, 4) is 0 Å². The van der Waals surface area contributed by atoms with E-state index in [9.17, 15) is 9.59 Å². The van der Waals surface area contributed by atoms with Gasteiger partial charge in [0.2, 0.25) is 11.8 Å². The fourth-order valence-corrected chi connectivity index (χ4v) is 4.93. The lowest BCUT2D eigenvalue weighted by Crippen LogP contribution is -2.54. The molecule has 0 spiro atoms. The Morgan fingerprint density at radius 2 is 1.93 bits per heavy atom. The van der Waals surface area contributed by atoms with Crippen molar-refractivity contribution in [2.24, 2.45) is 5.92 Å². The lowest BCUT2D eigenvalue weighted by atomic mass is 9.95. The monoisotopic (exact) mass is 384 g/mol. The second-order valence-electron chi connectivity index (χ2n) is 8.55. The number of carbonyl (C=O) groups excluding carboxylic acids is 2. The normalized spacial score (nSPS) is 26.1. The zero-order chi connectivity index (χ0) is 19.3. The molecule has 6 heteroatoms. The number of nitrogens with zero attached hydrogens (tertiary/aromatic N) is 3. The highest BCUT2D eigenvalue weighted by Gasteiger charge is 2.37. The smallest absolute Gasteiger partial charge is 0.237 e. The van der Waals surface area contributed by atoms with E-state index in [1.165, 1.54) is 18.4 Å². The molecule has 1 aromatic carbocycles. The number of piperazine rings is 1. The first-order valence-electron chi connectivity index (χ1n) is 10.7. The van der Waals surface area contributed by atoms with Crippen LogP contribution in [0.15, 0.2) is 30.3 Å². The van der Waals surface area contributed by atoms with Crippen molar-refractivity contribution in [3.05, 3.63) is 35.9 Å². The van der Waals surface area contributed by atoms with Crippen LogP contribution in [0.1, 0.15) is 24.8 Å². The third-order valence-electron chi connectivity index (χ3n) is 6.37. The maximum Gasteiger partial charge on any atom is 0.237 e. The summed E-state index contributed by atoms with van der Waals surface area (Å²) in [7, 11) is 0. The summed E-state index contributed by atoms with van der Waals surface area (Å²) in [6, 6.07) is 11.0. The van der Waals surface area contributed by atoms with Gasteiger partial charge in [-0.1, -0.05) is 30.3 Å². The van der Waals surface area contributed by atoms with Gasteiger partial charge in [-0.2, -0.15) is 0 Å². The molecular formula is C22H32N4O2. The van der Waals surface area contributed by atoms with Gasteiger partial charge in [0.15, 0.2) is 0 Å². The first kappa shape index (κ1) is 19.4. The molecule has 4 aliphatic rings. The highest BCUT2D eigenvalue weighted by atomic mass is 16.2. The number of fused-ring (bicyclic) bond motifs is 4. The van der Waals surface area contributed by atoms with Crippen LogP contribution >= 0.6 is 0 Å². The van der Waals surface area contributed by atoms with Gasteiger partial charge in [0.25, 0.3) is 0 Å². The van der Waals surface area contributed by atoms with Crippen molar-refractivity contribution >= 4 is 11.8 Å². The molecule has 0 radical (unpaired) electrons. The Bertz CT molecular complexity index is 680. The molecule has 4 fully saturated rings. The maximum absolute atomic E-state index is 13.0. The maximum atomic E-state index is 13.0. The molecule has 0 aromatic heterocycles. The summed E-state index contributed by atoms with van der Waals surface area (Å²) in [4.78, 5) is 31.2. The minimum Gasteiger partial charge on any atom is -0.354 e. The number of carbonyl (C=O) groups is 2. The minimum atomic E-state index is 0.0287. The summed E-state index contributed by atoms with van der Waals surface area (Å²) < 4.78 is 0. The van der Waals surface area contributed by atoms with Gasteiger partial charge in [-0.15, -0.1) is 0 Å². The molecule has 4 aliphatic heterocycles. The van der Waals surface area contributed by atoms with E-state index in [0.29, 0.717) is 31.6 Å². The third-order valence-corrected chi connectivity index (χ3v) is 6.37. The topological polar surface area (TPSA) is 55.9 Å². The summed E-state index contributed by atoms with van der Waals surface area (Å²) in [6.07, 6.45) is 4.63. The summed E-state index contributed by atoms with van der Waals surface area (Å²) in [5, 5.41) is 2.83. The SMILES string of the molecule is O=C1CN(CC(=O)N2C[C@H]3CC[C@@H]2CN(CCCc2ccccc2)C3)CCN1. The molecule has 152 valence electrons. The van der Waals surface area contributed by atoms with Crippen molar-refractivity contribution in [3.63, 3.8) is 0 Å². The van der Waals surface area contributed by atoms with Crippen LogP contribution in [0.4, 0.5) is 0 Å². The highest BCUT2D eigenvalue weighted by molar-refractivity contribution is 5.82. The molecule has 2 atom stereocenters. The van der Waals surface area contributed by atoms with Crippen LogP contribution in [0.25, 0.3) is 0 Å². The molecular weight excluding hydrogens is 352 g/mol. The summed E-state index contributed by atoms with van der Waals surface area (Å²) >= 11 is 0. The Morgan fingerprint density at radius 1 is 1.07 bits per heavy atom. The predicted octanol–water partition coefficient (Wildman–Crippen LogP) is 0.974. The van der Waals surface area contributed by atoms with Crippen molar-refractivity contribution < 1.29 is 9.59 Å². The fourth-order valence-electron chi connectivity index (χ4n) is 4.93. The average Bonchev–Trinajstić information content (AvgIpc) is 3.00. The molecule has 28 heavy (non-hydrogen) atoms. The Kier molecular flexibility index (Phi) is 6.27. The van der Waals surface area contributed by atoms with Crippen LogP contribution in [0.5, 0.6) is 0 Å². The van der Waals surface area contributed by atoms with Crippen LogP contribution in [-0.2, 0) is 16.0 Å². The first-order valence-corrected chi connectivity index (χ1v) is 10.7. The second-order valence-corrected chi connectivity index (χ2v) is 8.55. The van der Waals surface area contributed by atoms with Crippen LogP contribution in [0.2, 0.25) is 0 Å². The second kappa shape index (κ2) is 9.05. The Morgan fingerprint density at radius 3 is 2.75 bits per heavy atom.